The van der Waals surface area contributed by atoms with Crippen molar-refractivity contribution in [2.75, 3.05) is 27.8 Å². The first-order valence-corrected chi connectivity index (χ1v) is 4.63. The highest BCUT2D eigenvalue weighted by Crippen LogP contribution is 2.20. The molecule has 0 radical (unpaired) electrons. The van der Waals surface area contributed by atoms with Crippen molar-refractivity contribution in [3.8, 4) is 5.75 Å². The molecule has 0 saturated heterocycles. The van der Waals surface area contributed by atoms with E-state index in [9.17, 15) is 0 Å². The smallest absolute Gasteiger partial charge is 0.119 e. The predicted octanol–water partition coefficient (Wildman–Crippen LogP) is 1.60. The van der Waals surface area contributed by atoms with Gasteiger partial charge in [0.05, 0.1) is 13.2 Å². The molecule has 78 valence electrons. The number of hydrogen-bond donors (Lipinski definition) is 1. The Morgan fingerprint density at radius 2 is 2.14 bits per heavy atom. The molecule has 1 N–H and O–H groups in total. The molecule has 0 amide bonds. The summed E-state index contributed by atoms with van der Waals surface area (Å²) < 4.78 is 10.5. The highest BCUT2D eigenvalue weighted by molar-refractivity contribution is 5.30. The maximum Gasteiger partial charge on any atom is 0.119 e. The number of rotatable bonds is 5. The Hall–Kier alpha value is -1.06. The number of likely N-dealkylation sites (N-methyl/N-ethyl adjacent to an activating group) is 1. The molecule has 0 fully saturated rings. The lowest BCUT2D eigenvalue weighted by molar-refractivity contribution is 0.104. The topological polar surface area (TPSA) is 30.5 Å². The zero-order valence-corrected chi connectivity index (χ0v) is 8.91. The van der Waals surface area contributed by atoms with Gasteiger partial charge in [0.1, 0.15) is 5.75 Å². The van der Waals surface area contributed by atoms with E-state index in [4.69, 9.17) is 9.47 Å². The van der Waals surface area contributed by atoms with Crippen molar-refractivity contribution >= 4 is 0 Å². The molecule has 0 aliphatic rings. The van der Waals surface area contributed by atoms with Crippen molar-refractivity contribution in [2.45, 2.75) is 6.10 Å². The van der Waals surface area contributed by atoms with Crippen molar-refractivity contribution in [2.24, 2.45) is 0 Å². The summed E-state index contributed by atoms with van der Waals surface area (Å²) in [7, 11) is 5.28. The van der Waals surface area contributed by atoms with E-state index >= 15 is 0 Å². The summed E-state index contributed by atoms with van der Waals surface area (Å²) in [6, 6.07) is 7.92. The van der Waals surface area contributed by atoms with E-state index in [0.717, 1.165) is 17.9 Å². The van der Waals surface area contributed by atoms with Crippen LogP contribution in [0.1, 0.15) is 11.7 Å². The van der Waals surface area contributed by atoms with Crippen LogP contribution in [-0.4, -0.2) is 27.8 Å². The van der Waals surface area contributed by atoms with Gasteiger partial charge in [-0.15, -0.1) is 0 Å². The fraction of sp³-hybridized carbons (Fsp3) is 0.455. The third-order valence-corrected chi connectivity index (χ3v) is 2.14. The first-order chi connectivity index (χ1) is 6.81. The zero-order chi connectivity index (χ0) is 10.4. The maximum atomic E-state index is 5.36. The predicted molar refractivity (Wildman–Crippen MR) is 56.7 cm³/mol. The summed E-state index contributed by atoms with van der Waals surface area (Å²) in [6.45, 7) is 0.795. The molecule has 0 heterocycles. The van der Waals surface area contributed by atoms with Crippen molar-refractivity contribution in [3.63, 3.8) is 0 Å². The van der Waals surface area contributed by atoms with Gasteiger partial charge in [-0.2, -0.15) is 0 Å². The maximum absolute atomic E-state index is 5.36. The van der Waals surface area contributed by atoms with Gasteiger partial charge in [-0.25, -0.2) is 0 Å². The Labute approximate surface area is 85.0 Å². The van der Waals surface area contributed by atoms with Crippen LogP contribution >= 0.6 is 0 Å². The van der Waals surface area contributed by atoms with E-state index in [2.05, 4.69) is 5.32 Å². The molecule has 1 rings (SSSR count). The molecular formula is C11H17NO2. The highest BCUT2D eigenvalue weighted by atomic mass is 16.5. The Morgan fingerprint density at radius 1 is 1.36 bits per heavy atom. The Morgan fingerprint density at radius 3 is 2.71 bits per heavy atom. The molecule has 3 heteroatoms. The van der Waals surface area contributed by atoms with Crippen LogP contribution in [0.25, 0.3) is 0 Å². The van der Waals surface area contributed by atoms with Gasteiger partial charge in [-0.1, -0.05) is 12.1 Å². The van der Waals surface area contributed by atoms with Crippen LogP contribution < -0.4 is 10.1 Å². The standard InChI is InChI=1S/C11H17NO2/c1-12-8-11(14-3)9-5-4-6-10(7-9)13-2/h4-7,11-12H,8H2,1-3H3/t11-/m0/s1. The van der Waals surface area contributed by atoms with Crippen LogP contribution in [0.4, 0.5) is 0 Å². The fourth-order valence-corrected chi connectivity index (χ4v) is 1.36. The molecule has 1 atom stereocenters. The lowest BCUT2D eigenvalue weighted by Gasteiger charge is -2.15. The molecule has 0 aliphatic heterocycles. The molecule has 0 bridgehead atoms. The van der Waals surface area contributed by atoms with Crippen LogP contribution in [0, 0.1) is 0 Å². The molecule has 14 heavy (non-hydrogen) atoms. The van der Waals surface area contributed by atoms with E-state index in [0.29, 0.717) is 0 Å². The number of methoxy groups -OCH3 is 2. The van der Waals surface area contributed by atoms with Gasteiger partial charge in [-0.05, 0) is 24.7 Å². The molecule has 0 aliphatic carbocycles. The lowest BCUT2D eigenvalue weighted by Crippen LogP contribution is -2.18. The number of hydrogen-bond acceptors (Lipinski definition) is 3. The summed E-state index contributed by atoms with van der Waals surface area (Å²) in [6.07, 6.45) is 0.0788. The van der Waals surface area contributed by atoms with Gasteiger partial charge < -0.3 is 14.8 Å². The van der Waals surface area contributed by atoms with E-state index in [1.165, 1.54) is 0 Å². The normalized spacial score (nSPS) is 12.5. The third kappa shape index (κ3) is 2.72. The zero-order valence-electron chi connectivity index (χ0n) is 8.91. The second-order valence-corrected chi connectivity index (χ2v) is 3.06. The van der Waals surface area contributed by atoms with Crippen molar-refractivity contribution in [1.82, 2.24) is 5.32 Å². The quantitative estimate of drug-likeness (QED) is 0.774. The molecule has 1 aromatic carbocycles. The summed E-state index contributed by atoms with van der Waals surface area (Å²) in [5, 5.41) is 3.09. The monoisotopic (exact) mass is 195 g/mol. The highest BCUT2D eigenvalue weighted by Gasteiger charge is 2.09. The SMILES string of the molecule is CNC[C@H](OC)c1cccc(OC)c1. The van der Waals surface area contributed by atoms with Crippen LogP contribution in [0.2, 0.25) is 0 Å². The van der Waals surface area contributed by atoms with Crippen LogP contribution in [-0.2, 0) is 4.74 Å². The summed E-state index contributed by atoms with van der Waals surface area (Å²) in [5.74, 6) is 0.862. The second kappa shape index (κ2) is 5.62. The van der Waals surface area contributed by atoms with Gasteiger partial charge in [0, 0.05) is 13.7 Å². The molecule has 3 nitrogen and oxygen atoms in total. The number of nitrogens with one attached hydrogen (secondary N) is 1. The van der Waals surface area contributed by atoms with E-state index in [1.54, 1.807) is 14.2 Å². The Bertz CT molecular complexity index is 276. The second-order valence-electron chi connectivity index (χ2n) is 3.06. The van der Waals surface area contributed by atoms with Crippen molar-refractivity contribution in [3.05, 3.63) is 29.8 Å². The van der Waals surface area contributed by atoms with Crippen LogP contribution in [0.15, 0.2) is 24.3 Å². The molecule has 0 unspecified atom stereocenters. The third-order valence-electron chi connectivity index (χ3n) is 2.14. The summed E-state index contributed by atoms with van der Waals surface area (Å²) >= 11 is 0. The Kier molecular flexibility index (Phi) is 4.43. The first-order valence-electron chi connectivity index (χ1n) is 4.63. The van der Waals surface area contributed by atoms with Gasteiger partial charge in [0.15, 0.2) is 0 Å². The molecule has 1 aromatic rings. The van der Waals surface area contributed by atoms with Crippen LogP contribution in [0.5, 0.6) is 5.75 Å². The van der Waals surface area contributed by atoms with Gasteiger partial charge in [0.25, 0.3) is 0 Å². The lowest BCUT2D eigenvalue weighted by atomic mass is 10.1. The minimum Gasteiger partial charge on any atom is -0.497 e. The first kappa shape index (κ1) is 11.0. The minimum absolute atomic E-state index is 0.0788. The average Bonchev–Trinajstić information content (AvgIpc) is 2.26. The minimum atomic E-state index is 0.0788. The average molecular weight is 195 g/mol. The van der Waals surface area contributed by atoms with Gasteiger partial charge >= 0.3 is 0 Å². The summed E-state index contributed by atoms with van der Waals surface area (Å²) in [4.78, 5) is 0. The largest absolute Gasteiger partial charge is 0.497 e. The summed E-state index contributed by atoms with van der Waals surface area (Å²) in [5.41, 5.74) is 1.13. The number of benzene rings is 1. The van der Waals surface area contributed by atoms with Crippen molar-refractivity contribution in [1.29, 1.82) is 0 Å². The molecule has 0 aromatic heterocycles. The van der Waals surface area contributed by atoms with E-state index < -0.39 is 0 Å². The molecule has 0 spiro atoms. The number of ether oxygens (including phenoxy) is 2. The van der Waals surface area contributed by atoms with Gasteiger partial charge in [-0.3, -0.25) is 0 Å². The van der Waals surface area contributed by atoms with E-state index in [1.807, 2.05) is 31.3 Å². The van der Waals surface area contributed by atoms with Crippen LogP contribution in [0.3, 0.4) is 0 Å². The van der Waals surface area contributed by atoms with Crippen molar-refractivity contribution < 1.29 is 9.47 Å². The Balaban J connectivity index is 2.80. The molecule has 0 saturated carbocycles. The van der Waals surface area contributed by atoms with E-state index in [-0.39, 0.29) is 6.10 Å². The fourth-order valence-electron chi connectivity index (χ4n) is 1.36. The van der Waals surface area contributed by atoms with Gasteiger partial charge in [0.2, 0.25) is 0 Å². The molecular weight excluding hydrogens is 178 g/mol.